The Hall–Kier alpha value is -2.05. The van der Waals surface area contributed by atoms with E-state index in [4.69, 9.17) is 16.7 Å². The largest absolute Gasteiger partial charge is 0.507 e. The molecule has 108 valence electrons. The lowest BCUT2D eigenvalue weighted by Crippen LogP contribution is -2.12. The van der Waals surface area contributed by atoms with Crippen LogP contribution in [0.2, 0.25) is 5.02 Å². The molecule has 0 saturated heterocycles. The zero-order chi connectivity index (χ0) is 15.6. The lowest BCUT2D eigenvalue weighted by molar-refractivity contribution is 0.0696. The first-order chi connectivity index (χ1) is 9.88. The lowest BCUT2D eigenvalue weighted by Gasteiger charge is -2.09. The van der Waals surface area contributed by atoms with Crippen LogP contribution < -0.4 is 5.32 Å². The zero-order valence-corrected chi connectivity index (χ0v) is 12.8. The third kappa shape index (κ3) is 3.53. The molecule has 0 aliphatic heterocycles. The molecular weight excluding hydrogens is 362 g/mol. The van der Waals surface area contributed by atoms with Crippen LogP contribution in [0, 0.1) is 0 Å². The summed E-state index contributed by atoms with van der Waals surface area (Å²) in [6.45, 7) is 0. The first-order valence-corrected chi connectivity index (χ1v) is 6.88. The third-order valence-corrected chi connectivity index (χ3v) is 3.47. The van der Waals surface area contributed by atoms with E-state index in [1.807, 2.05) is 0 Å². The lowest BCUT2D eigenvalue weighted by atomic mass is 10.1. The maximum Gasteiger partial charge on any atom is 0.335 e. The van der Waals surface area contributed by atoms with Crippen LogP contribution >= 0.6 is 27.5 Å². The van der Waals surface area contributed by atoms with E-state index >= 15 is 0 Å². The summed E-state index contributed by atoms with van der Waals surface area (Å²) in [5.41, 5.74) is 0.357. The number of carbonyl (C=O) groups is 2. The van der Waals surface area contributed by atoms with Crippen LogP contribution in [0.25, 0.3) is 0 Å². The number of carbonyl (C=O) groups excluding carboxylic acids is 1. The number of carboxylic acids is 1. The van der Waals surface area contributed by atoms with E-state index < -0.39 is 11.9 Å². The van der Waals surface area contributed by atoms with Crippen molar-refractivity contribution in [1.29, 1.82) is 0 Å². The summed E-state index contributed by atoms with van der Waals surface area (Å²) in [4.78, 5) is 22.9. The van der Waals surface area contributed by atoms with Gasteiger partial charge in [0, 0.05) is 4.47 Å². The first-order valence-electron chi connectivity index (χ1n) is 5.71. The molecule has 1 amide bonds. The van der Waals surface area contributed by atoms with Gasteiger partial charge < -0.3 is 15.5 Å². The maximum absolute atomic E-state index is 12.1. The van der Waals surface area contributed by atoms with Crippen LogP contribution in [-0.4, -0.2) is 22.1 Å². The molecule has 2 rings (SSSR count). The van der Waals surface area contributed by atoms with Gasteiger partial charge in [0.15, 0.2) is 0 Å². The molecule has 0 spiro atoms. The van der Waals surface area contributed by atoms with E-state index in [-0.39, 0.29) is 27.6 Å². The van der Waals surface area contributed by atoms with E-state index in [0.29, 0.717) is 4.47 Å². The Balaban J connectivity index is 2.25. The van der Waals surface area contributed by atoms with Crippen molar-refractivity contribution in [2.75, 3.05) is 5.32 Å². The monoisotopic (exact) mass is 369 g/mol. The molecule has 0 radical (unpaired) electrons. The maximum atomic E-state index is 12.1. The smallest absolute Gasteiger partial charge is 0.335 e. The normalized spacial score (nSPS) is 10.2. The third-order valence-electron chi connectivity index (χ3n) is 2.67. The highest BCUT2D eigenvalue weighted by Gasteiger charge is 2.14. The number of phenolic OH excluding ortho intramolecular Hbond substituents is 1. The molecule has 0 bridgehead atoms. The van der Waals surface area contributed by atoms with Crippen molar-refractivity contribution in [3.05, 3.63) is 57.0 Å². The number of hydrogen-bond donors (Lipinski definition) is 3. The summed E-state index contributed by atoms with van der Waals surface area (Å²) in [5.74, 6) is -1.84. The minimum atomic E-state index is -1.11. The van der Waals surface area contributed by atoms with Gasteiger partial charge >= 0.3 is 5.97 Å². The van der Waals surface area contributed by atoms with Gasteiger partial charge in [-0.3, -0.25) is 4.79 Å². The van der Waals surface area contributed by atoms with Gasteiger partial charge in [-0.15, -0.1) is 0 Å². The Labute approximate surface area is 133 Å². The average molecular weight is 371 g/mol. The van der Waals surface area contributed by atoms with Gasteiger partial charge in [-0.05, 0) is 36.4 Å². The second-order valence-corrected chi connectivity index (χ2v) is 5.44. The SMILES string of the molecule is O=C(O)c1ccc(NC(=O)c2ccc(Br)cc2O)c(Cl)c1. The van der Waals surface area contributed by atoms with Gasteiger partial charge in [-0.25, -0.2) is 4.79 Å². The number of aromatic carboxylic acids is 1. The van der Waals surface area contributed by atoms with Gasteiger partial charge in [0.2, 0.25) is 0 Å². The highest BCUT2D eigenvalue weighted by molar-refractivity contribution is 9.10. The molecule has 3 N–H and O–H groups in total. The van der Waals surface area contributed by atoms with Crippen LogP contribution in [0.4, 0.5) is 5.69 Å². The Morgan fingerprint density at radius 2 is 1.86 bits per heavy atom. The number of phenols is 1. The molecule has 2 aromatic carbocycles. The molecule has 0 heterocycles. The number of anilines is 1. The molecule has 2 aromatic rings. The fourth-order valence-electron chi connectivity index (χ4n) is 1.64. The summed E-state index contributed by atoms with van der Waals surface area (Å²) in [7, 11) is 0. The molecule has 7 heteroatoms. The van der Waals surface area contributed by atoms with Crippen LogP contribution in [-0.2, 0) is 0 Å². The molecule has 0 aromatic heterocycles. The highest BCUT2D eigenvalue weighted by atomic mass is 79.9. The Morgan fingerprint density at radius 1 is 1.14 bits per heavy atom. The van der Waals surface area contributed by atoms with Crippen molar-refractivity contribution >= 4 is 45.1 Å². The van der Waals surface area contributed by atoms with Gasteiger partial charge in [0.05, 0.1) is 21.8 Å². The molecule has 0 atom stereocenters. The predicted octanol–water partition coefficient (Wildman–Crippen LogP) is 3.76. The number of amides is 1. The Morgan fingerprint density at radius 3 is 2.43 bits per heavy atom. The molecule has 21 heavy (non-hydrogen) atoms. The van der Waals surface area contributed by atoms with Crippen molar-refractivity contribution in [1.82, 2.24) is 0 Å². The van der Waals surface area contributed by atoms with E-state index in [1.165, 1.54) is 30.3 Å². The minimum absolute atomic E-state index is 0.0180. The number of rotatable bonds is 3. The molecule has 0 unspecified atom stereocenters. The van der Waals surface area contributed by atoms with Gasteiger partial charge in [0.25, 0.3) is 5.91 Å². The second kappa shape index (κ2) is 6.15. The summed E-state index contributed by atoms with van der Waals surface area (Å²) < 4.78 is 0.639. The highest BCUT2D eigenvalue weighted by Crippen LogP contribution is 2.26. The molecule has 0 aliphatic carbocycles. The molecule has 5 nitrogen and oxygen atoms in total. The van der Waals surface area contributed by atoms with Crippen molar-refractivity contribution in [2.45, 2.75) is 0 Å². The van der Waals surface area contributed by atoms with Crippen molar-refractivity contribution in [3.8, 4) is 5.75 Å². The summed E-state index contributed by atoms with van der Waals surface area (Å²) in [5, 5.41) is 21.2. The van der Waals surface area contributed by atoms with Gasteiger partial charge in [-0.2, -0.15) is 0 Å². The number of nitrogens with one attached hydrogen (secondary N) is 1. The van der Waals surface area contributed by atoms with Crippen molar-refractivity contribution in [2.24, 2.45) is 0 Å². The number of halogens is 2. The summed E-state index contributed by atoms with van der Waals surface area (Å²) in [6, 6.07) is 8.41. The van der Waals surface area contributed by atoms with Crippen LogP contribution in [0.15, 0.2) is 40.9 Å². The predicted molar refractivity (Wildman–Crippen MR) is 82.2 cm³/mol. The van der Waals surface area contributed by atoms with Gasteiger partial charge in [-0.1, -0.05) is 27.5 Å². The number of carboxylic acid groups (broad SMARTS) is 1. The van der Waals surface area contributed by atoms with Crippen LogP contribution in [0.1, 0.15) is 20.7 Å². The number of aromatic hydroxyl groups is 1. The minimum Gasteiger partial charge on any atom is -0.507 e. The van der Waals surface area contributed by atoms with Gasteiger partial charge in [0.1, 0.15) is 5.75 Å². The molecule has 0 aliphatic rings. The zero-order valence-electron chi connectivity index (χ0n) is 10.4. The summed E-state index contributed by atoms with van der Waals surface area (Å²) >= 11 is 9.10. The van der Waals surface area contributed by atoms with Crippen LogP contribution in [0.5, 0.6) is 5.75 Å². The quantitative estimate of drug-likeness (QED) is 0.768. The molecular formula is C14H9BrClNO4. The fourth-order valence-corrected chi connectivity index (χ4v) is 2.21. The average Bonchev–Trinajstić information content (AvgIpc) is 2.40. The standard InChI is InChI=1S/C14H9BrClNO4/c15-8-2-3-9(12(18)6-8)13(19)17-11-4-1-7(14(20)21)5-10(11)16/h1-6,18H,(H,17,19)(H,20,21). The Bertz CT molecular complexity index is 733. The molecule has 0 fully saturated rings. The second-order valence-electron chi connectivity index (χ2n) is 4.12. The van der Waals surface area contributed by atoms with Crippen molar-refractivity contribution < 1.29 is 19.8 Å². The summed E-state index contributed by atoms with van der Waals surface area (Å²) in [6.07, 6.45) is 0. The van der Waals surface area contributed by atoms with E-state index in [1.54, 1.807) is 6.07 Å². The van der Waals surface area contributed by atoms with E-state index in [0.717, 1.165) is 0 Å². The Kier molecular flexibility index (Phi) is 4.50. The topological polar surface area (TPSA) is 86.6 Å². The number of hydrogen-bond acceptors (Lipinski definition) is 3. The first kappa shape index (κ1) is 15.3. The van der Waals surface area contributed by atoms with E-state index in [9.17, 15) is 14.7 Å². The number of benzene rings is 2. The van der Waals surface area contributed by atoms with Crippen LogP contribution in [0.3, 0.4) is 0 Å². The molecule has 0 saturated carbocycles. The fraction of sp³-hybridized carbons (Fsp3) is 0. The van der Waals surface area contributed by atoms with Crippen molar-refractivity contribution in [3.63, 3.8) is 0 Å². The van der Waals surface area contributed by atoms with E-state index in [2.05, 4.69) is 21.2 Å².